The molecule has 186 valence electrons. The van der Waals surface area contributed by atoms with Crippen LogP contribution in [0.5, 0.6) is 0 Å². The first-order valence-electron chi connectivity index (χ1n) is 13.6. The maximum Gasteiger partial charge on any atom is 0.459 e. The van der Waals surface area contributed by atoms with Gasteiger partial charge in [-0.2, -0.15) is 4.98 Å². The van der Waals surface area contributed by atoms with Crippen molar-refractivity contribution < 1.29 is 14.7 Å². The third-order valence-corrected chi connectivity index (χ3v) is 11.5. The number of H-pyrrole nitrogens is 1. The van der Waals surface area contributed by atoms with Crippen molar-refractivity contribution >= 4 is 0 Å². The molecular formula is C27H44N2O4. The number of hydrogen-bond acceptors (Lipinski definition) is 5. The predicted molar refractivity (Wildman–Crippen MR) is 126 cm³/mol. The van der Waals surface area contributed by atoms with Crippen molar-refractivity contribution in [1.82, 2.24) is 10.1 Å². The van der Waals surface area contributed by atoms with Crippen LogP contribution >= 0.6 is 0 Å². The van der Waals surface area contributed by atoms with Crippen LogP contribution < -0.4 is 5.76 Å². The highest BCUT2D eigenvalue weighted by Crippen LogP contribution is 2.69. The second-order valence-electron chi connectivity index (χ2n) is 12.7. The summed E-state index contributed by atoms with van der Waals surface area (Å²) in [5, 5.41) is 24.9. The topological polar surface area (TPSA) is 99.4 Å². The zero-order valence-electron chi connectivity index (χ0n) is 20.9. The zero-order chi connectivity index (χ0) is 23.5. The van der Waals surface area contributed by atoms with Gasteiger partial charge in [-0.1, -0.05) is 34.1 Å². The number of aliphatic hydroxyl groups is 2. The molecule has 6 nitrogen and oxygen atoms in total. The van der Waals surface area contributed by atoms with Crippen molar-refractivity contribution in [2.24, 2.45) is 52.3 Å². The molecule has 3 unspecified atom stereocenters. The van der Waals surface area contributed by atoms with Crippen LogP contribution in [0, 0.1) is 52.3 Å². The van der Waals surface area contributed by atoms with Crippen LogP contribution in [0.4, 0.5) is 0 Å². The molecule has 0 radical (unpaired) electrons. The van der Waals surface area contributed by atoms with Crippen LogP contribution in [-0.2, 0) is 6.42 Å². The fourth-order valence-electron chi connectivity index (χ4n) is 9.86. The molecule has 0 saturated heterocycles. The van der Waals surface area contributed by atoms with Crippen molar-refractivity contribution in [1.29, 1.82) is 0 Å². The Hall–Kier alpha value is -1.14. The summed E-state index contributed by atoms with van der Waals surface area (Å²) >= 11 is 0. The summed E-state index contributed by atoms with van der Waals surface area (Å²) in [6.07, 6.45) is 10.2. The largest absolute Gasteiger partial charge is 0.459 e. The minimum absolute atomic E-state index is 0.189. The smallest absolute Gasteiger partial charge is 0.393 e. The molecule has 0 bridgehead atoms. The Bertz CT molecular complexity index is 897. The first-order valence-corrected chi connectivity index (χ1v) is 13.6. The molecular weight excluding hydrogens is 416 g/mol. The zero-order valence-corrected chi connectivity index (χ0v) is 20.9. The molecule has 0 amide bonds. The molecule has 6 heteroatoms. The van der Waals surface area contributed by atoms with E-state index in [4.69, 9.17) is 4.52 Å². The Kier molecular flexibility index (Phi) is 6.09. The number of rotatable bonds is 5. The highest BCUT2D eigenvalue weighted by atomic mass is 16.5. The van der Waals surface area contributed by atoms with Crippen LogP contribution in [0.2, 0.25) is 0 Å². The third kappa shape index (κ3) is 3.65. The van der Waals surface area contributed by atoms with E-state index < -0.39 is 5.76 Å². The number of fused-ring (bicyclic) bond motifs is 5. The van der Waals surface area contributed by atoms with Crippen LogP contribution in [0.25, 0.3) is 0 Å². The molecule has 11 atom stereocenters. The summed E-state index contributed by atoms with van der Waals surface area (Å²) in [5.41, 5.74) is 0.530. The van der Waals surface area contributed by atoms with E-state index in [1.54, 1.807) is 0 Å². The average Bonchev–Trinajstić information content (AvgIpc) is 3.36. The normalized spacial score (nSPS) is 48.1. The van der Waals surface area contributed by atoms with Gasteiger partial charge < -0.3 is 14.7 Å². The van der Waals surface area contributed by atoms with Crippen LogP contribution in [0.15, 0.2) is 9.32 Å². The summed E-state index contributed by atoms with van der Waals surface area (Å²) in [7, 11) is 0. The Morgan fingerprint density at radius 2 is 1.82 bits per heavy atom. The first kappa shape index (κ1) is 23.6. The molecule has 33 heavy (non-hydrogen) atoms. The van der Waals surface area contributed by atoms with Gasteiger partial charge in [0.1, 0.15) is 5.82 Å². The minimum Gasteiger partial charge on any atom is -0.393 e. The lowest BCUT2D eigenvalue weighted by atomic mass is 9.41. The molecule has 1 aromatic heterocycles. The van der Waals surface area contributed by atoms with Crippen LogP contribution in [-0.4, -0.2) is 32.6 Å². The highest BCUT2D eigenvalue weighted by molar-refractivity contribution is 5.13. The van der Waals surface area contributed by atoms with Gasteiger partial charge >= 0.3 is 5.76 Å². The summed E-state index contributed by atoms with van der Waals surface area (Å²) in [6, 6.07) is 0. The molecule has 5 rings (SSSR count). The van der Waals surface area contributed by atoms with Gasteiger partial charge in [-0.15, -0.1) is 0 Å². The molecule has 1 heterocycles. The van der Waals surface area contributed by atoms with E-state index in [-0.39, 0.29) is 23.0 Å². The summed E-state index contributed by atoms with van der Waals surface area (Å²) in [4.78, 5) is 15.2. The first-order chi connectivity index (χ1) is 15.7. The molecule has 4 saturated carbocycles. The molecule has 4 aliphatic rings. The van der Waals surface area contributed by atoms with Gasteiger partial charge in [0.05, 0.1) is 12.2 Å². The Balaban J connectivity index is 1.37. The van der Waals surface area contributed by atoms with Gasteiger partial charge in [0.2, 0.25) is 0 Å². The Morgan fingerprint density at radius 3 is 2.52 bits per heavy atom. The van der Waals surface area contributed by atoms with Gasteiger partial charge in [0.25, 0.3) is 0 Å². The van der Waals surface area contributed by atoms with Crippen molar-refractivity contribution in [2.45, 2.75) is 104 Å². The Labute approximate surface area is 197 Å². The van der Waals surface area contributed by atoms with Crippen molar-refractivity contribution in [2.75, 3.05) is 0 Å². The molecule has 0 spiro atoms. The van der Waals surface area contributed by atoms with E-state index in [0.717, 1.165) is 38.5 Å². The van der Waals surface area contributed by atoms with Crippen molar-refractivity contribution in [3.63, 3.8) is 0 Å². The SMILES string of the molecule is CC[C@H]1[C@@H](O)C2C3CC[C@H]([C@H](C)CCc4nc(=O)o[nH]4)[C@@]3(C)CCC2[C@@]2(C)CC[C@@H](O)C[C@@H]12. The third-order valence-electron chi connectivity index (χ3n) is 11.5. The molecule has 0 aliphatic heterocycles. The van der Waals surface area contributed by atoms with Gasteiger partial charge in [0.15, 0.2) is 0 Å². The number of aromatic amines is 1. The number of hydrogen-bond donors (Lipinski definition) is 3. The number of aryl methyl sites for hydroxylation is 1. The lowest BCUT2D eigenvalue weighted by Crippen LogP contribution is -2.62. The molecule has 4 fully saturated rings. The maximum atomic E-state index is 11.8. The van der Waals surface area contributed by atoms with Gasteiger partial charge in [0, 0.05) is 6.42 Å². The number of aromatic nitrogens is 2. The van der Waals surface area contributed by atoms with Gasteiger partial charge in [-0.3, -0.25) is 0 Å². The average molecular weight is 461 g/mol. The summed E-state index contributed by atoms with van der Waals surface area (Å²) < 4.78 is 4.74. The lowest BCUT2D eigenvalue weighted by Gasteiger charge is -2.64. The minimum atomic E-state index is -0.539. The van der Waals surface area contributed by atoms with Crippen LogP contribution in [0.1, 0.15) is 91.3 Å². The van der Waals surface area contributed by atoms with E-state index in [0.29, 0.717) is 47.2 Å². The molecule has 3 N–H and O–H groups in total. The van der Waals surface area contributed by atoms with Gasteiger partial charge in [-0.25, -0.2) is 9.95 Å². The fraction of sp³-hybridized carbons (Fsp3) is 0.926. The monoisotopic (exact) mass is 460 g/mol. The van der Waals surface area contributed by atoms with E-state index in [1.165, 1.54) is 25.7 Å². The molecule has 4 aliphatic carbocycles. The highest BCUT2D eigenvalue weighted by Gasteiger charge is 2.64. The standard InChI is InChI=1S/C27H44N2O4/c1-5-17-21-14-16(30)10-12-27(21,4)20-11-13-26(3)18(7-8-19(26)23(20)24(17)31)15(2)6-9-22-28-25(32)33-29-22/h15-21,23-24,30-31H,5-14H2,1-4H3,(H,28,29,32)/t15-,16-,17-,18-,19?,20?,21+,23?,24-,26-,27-/m1/s1. The maximum absolute atomic E-state index is 11.8. The number of aliphatic hydroxyl groups excluding tert-OH is 2. The van der Waals surface area contributed by atoms with E-state index in [2.05, 4.69) is 37.8 Å². The second-order valence-corrected chi connectivity index (χ2v) is 12.7. The summed E-state index contributed by atoms with van der Waals surface area (Å²) in [6.45, 7) is 9.64. The number of nitrogens with zero attached hydrogens (tertiary/aromatic N) is 1. The second kappa shape index (κ2) is 8.51. The Morgan fingerprint density at radius 1 is 1.09 bits per heavy atom. The molecule has 0 aromatic carbocycles. The van der Waals surface area contributed by atoms with Gasteiger partial charge in [-0.05, 0) is 104 Å². The van der Waals surface area contributed by atoms with Crippen LogP contribution in [0.3, 0.4) is 0 Å². The fourth-order valence-corrected chi connectivity index (χ4v) is 9.86. The quantitative estimate of drug-likeness (QED) is 0.598. The van der Waals surface area contributed by atoms with E-state index in [9.17, 15) is 15.0 Å². The van der Waals surface area contributed by atoms with Crippen molar-refractivity contribution in [3.8, 4) is 0 Å². The lowest BCUT2D eigenvalue weighted by molar-refractivity contribution is -0.203. The number of nitrogens with one attached hydrogen (secondary N) is 1. The predicted octanol–water partition coefficient (Wildman–Crippen LogP) is 4.56. The van der Waals surface area contributed by atoms with Crippen molar-refractivity contribution in [3.05, 3.63) is 16.4 Å². The van der Waals surface area contributed by atoms with E-state index >= 15 is 0 Å². The summed E-state index contributed by atoms with van der Waals surface area (Å²) in [5.74, 6) is 3.64. The van der Waals surface area contributed by atoms with E-state index in [1.807, 2.05) is 0 Å². The molecule has 1 aromatic rings.